The Kier molecular flexibility index (Phi) is 4.44. The van der Waals surface area contributed by atoms with E-state index in [1.807, 2.05) is 4.90 Å². The molecule has 1 heterocycles. The molecule has 4 bridgehead atoms. The van der Waals surface area contributed by atoms with E-state index < -0.39 is 17.7 Å². The summed E-state index contributed by atoms with van der Waals surface area (Å²) in [6.07, 6.45) is 8.19. The van der Waals surface area contributed by atoms with Crippen LogP contribution in [0.15, 0.2) is 18.2 Å². The van der Waals surface area contributed by atoms with Gasteiger partial charge in [0.25, 0.3) is 0 Å². The lowest BCUT2D eigenvalue weighted by Crippen LogP contribution is -2.57. The highest BCUT2D eigenvalue weighted by Crippen LogP contribution is 2.60. The Morgan fingerprint density at radius 1 is 1.03 bits per heavy atom. The Labute approximate surface area is 170 Å². The average Bonchev–Trinajstić information content (AvgIpc) is 3.17. The van der Waals surface area contributed by atoms with E-state index in [0.717, 1.165) is 37.8 Å². The molecule has 1 unspecified atom stereocenters. The van der Waals surface area contributed by atoms with Gasteiger partial charge < -0.3 is 9.80 Å². The van der Waals surface area contributed by atoms with Crippen molar-refractivity contribution in [2.24, 2.45) is 23.2 Å². The molecule has 4 saturated carbocycles. The number of likely N-dealkylation sites (N-methyl/N-ethyl adjacent to an activating group) is 1. The van der Waals surface area contributed by atoms with Crippen LogP contribution in [0.3, 0.4) is 0 Å². The quantitative estimate of drug-likeness (QED) is 0.763. The number of nitrogens with zero attached hydrogens (tertiary/aromatic N) is 2. The molecule has 4 aliphatic carbocycles. The van der Waals surface area contributed by atoms with Gasteiger partial charge in [-0.3, -0.25) is 9.59 Å². The topological polar surface area (TPSA) is 40.6 Å². The predicted octanol–water partition coefficient (Wildman–Crippen LogP) is 4.14. The lowest BCUT2D eigenvalue weighted by Gasteiger charge is -2.56. The van der Waals surface area contributed by atoms with Gasteiger partial charge in [0, 0.05) is 25.3 Å². The maximum atomic E-state index is 13.7. The van der Waals surface area contributed by atoms with Crippen molar-refractivity contribution in [2.75, 3.05) is 18.5 Å². The first-order valence-corrected chi connectivity index (χ1v) is 10.9. The molecule has 1 atom stereocenters. The third-order valence-electron chi connectivity index (χ3n) is 7.91. The Balaban J connectivity index is 1.36. The van der Waals surface area contributed by atoms with Crippen molar-refractivity contribution in [1.29, 1.82) is 0 Å². The van der Waals surface area contributed by atoms with Gasteiger partial charge in [-0.05, 0) is 81.3 Å². The highest BCUT2D eigenvalue weighted by molar-refractivity contribution is 5.99. The van der Waals surface area contributed by atoms with Gasteiger partial charge in [0.1, 0.15) is 6.04 Å². The van der Waals surface area contributed by atoms with E-state index in [-0.39, 0.29) is 17.2 Å². The predicted molar refractivity (Wildman–Crippen MR) is 105 cm³/mol. The molecule has 0 radical (unpaired) electrons. The number of carbonyl (C=O) groups is 2. The number of hydrogen-bond donors (Lipinski definition) is 0. The van der Waals surface area contributed by atoms with E-state index in [2.05, 4.69) is 0 Å². The van der Waals surface area contributed by atoms with E-state index in [4.69, 9.17) is 0 Å². The molecular formula is C23H28F2N2O2. The SMILES string of the molecule is CN(C(=O)C1CCCN1C(=O)C12CC3CC(CC(C3)C1)C2)c1ccc(F)c(F)c1. The molecule has 0 N–H and O–H groups in total. The maximum Gasteiger partial charge on any atom is 0.249 e. The third kappa shape index (κ3) is 3.06. The minimum Gasteiger partial charge on any atom is -0.330 e. The molecule has 1 aliphatic heterocycles. The smallest absolute Gasteiger partial charge is 0.249 e. The van der Waals surface area contributed by atoms with Gasteiger partial charge in [-0.2, -0.15) is 0 Å². The molecule has 0 aromatic heterocycles. The second-order valence-electron chi connectivity index (χ2n) is 9.85. The van der Waals surface area contributed by atoms with Crippen molar-refractivity contribution in [2.45, 2.75) is 57.4 Å². The van der Waals surface area contributed by atoms with Gasteiger partial charge in [0.2, 0.25) is 11.8 Å². The van der Waals surface area contributed by atoms with Crippen LogP contribution in [-0.2, 0) is 9.59 Å². The van der Waals surface area contributed by atoms with Crippen LogP contribution in [0.2, 0.25) is 0 Å². The molecular weight excluding hydrogens is 374 g/mol. The lowest BCUT2D eigenvalue weighted by molar-refractivity contribution is -0.160. The summed E-state index contributed by atoms with van der Waals surface area (Å²) >= 11 is 0. The lowest BCUT2D eigenvalue weighted by atomic mass is 9.49. The molecule has 6 rings (SSSR count). The maximum absolute atomic E-state index is 13.7. The molecule has 5 fully saturated rings. The number of likely N-dealkylation sites (tertiary alicyclic amines) is 1. The second-order valence-corrected chi connectivity index (χ2v) is 9.85. The second kappa shape index (κ2) is 6.78. The molecule has 0 spiro atoms. The molecule has 4 nitrogen and oxygen atoms in total. The summed E-state index contributed by atoms with van der Waals surface area (Å²) in [6, 6.07) is 2.96. The summed E-state index contributed by atoms with van der Waals surface area (Å²) in [5.74, 6) is 0.0623. The molecule has 29 heavy (non-hydrogen) atoms. The third-order valence-corrected chi connectivity index (χ3v) is 7.91. The summed E-state index contributed by atoms with van der Waals surface area (Å²) in [4.78, 5) is 30.1. The van der Waals surface area contributed by atoms with Gasteiger partial charge in [0.15, 0.2) is 11.6 Å². The number of halogens is 2. The van der Waals surface area contributed by atoms with E-state index in [1.165, 1.54) is 30.2 Å². The Morgan fingerprint density at radius 2 is 1.66 bits per heavy atom. The van der Waals surface area contributed by atoms with Crippen LogP contribution in [0.25, 0.3) is 0 Å². The molecule has 156 valence electrons. The zero-order valence-corrected chi connectivity index (χ0v) is 16.9. The van der Waals surface area contributed by atoms with Crippen LogP contribution >= 0.6 is 0 Å². The van der Waals surface area contributed by atoms with E-state index in [1.54, 1.807) is 7.05 Å². The fourth-order valence-corrected chi connectivity index (χ4v) is 6.99. The Bertz CT molecular complexity index is 820. The number of rotatable bonds is 3. The highest BCUT2D eigenvalue weighted by Gasteiger charge is 2.57. The zero-order valence-electron chi connectivity index (χ0n) is 16.9. The fraction of sp³-hybridized carbons (Fsp3) is 0.652. The van der Waals surface area contributed by atoms with Crippen molar-refractivity contribution in [3.8, 4) is 0 Å². The first kappa shape index (κ1) is 19.0. The minimum absolute atomic E-state index is 0.172. The van der Waals surface area contributed by atoms with Crippen molar-refractivity contribution >= 4 is 17.5 Å². The first-order chi connectivity index (χ1) is 13.9. The number of amides is 2. The van der Waals surface area contributed by atoms with Crippen LogP contribution in [0.1, 0.15) is 51.4 Å². The highest BCUT2D eigenvalue weighted by atomic mass is 19.2. The van der Waals surface area contributed by atoms with Gasteiger partial charge in [0.05, 0.1) is 5.41 Å². The normalized spacial score (nSPS) is 35.2. The van der Waals surface area contributed by atoms with E-state index in [0.29, 0.717) is 36.4 Å². The van der Waals surface area contributed by atoms with Crippen molar-refractivity contribution in [1.82, 2.24) is 4.90 Å². The van der Waals surface area contributed by atoms with E-state index in [9.17, 15) is 18.4 Å². The van der Waals surface area contributed by atoms with E-state index >= 15 is 0 Å². The standard InChI is InChI=1S/C23H28F2N2O2/c1-26(17-4-5-18(24)19(25)10-17)21(28)20-3-2-6-27(20)22(29)23-11-14-7-15(12-23)9-16(8-14)13-23/h4-5,10,14-16,20H,2-3,6-9,11-13H2,1H3. The van der Waals surface area contributed by atoms with Crippen LogP contribution in [0.5, 0.6) is 0 Å². The molecule has 1 saturated heterocycles. The van der Waals surface area contributed by atoms with Crippen LogP contribution < -0.4 is 4.90 Å². The first-order valence-electron chi connectivity index (χ1n) is 10.9. The molecule has 5 aliphatic rings. The number of anilines is 1. The summed E-state index contributed by atoms with van der Waals surface area (Å²) in [5, 5.41) is 0. The fourth-order valence-electron chi connectivity index (χ4n) is 6.99. The molecule has 2 amide bonds. The molecule has 6 heteroatoms. The number of benzene rings is 1. The monoisotopic (exact) mass is 402 g/mol. The largest absolute Gasteiger partial charge is 0.330 e. The van der Waals surface area contributed by atoms with Crippen molar-refractivity contribution in [3.05, 3.63) is 29.8 Å². The summed E-state index contributed by atoms with van der Waals surface area (Å²) in [6.45, 7) is 0.614. The summed E-state index contributed by atoms with van der Waals surface area (Å²) in [7, 11) is 1.57. The Hall–Kier alpha value is -1.98. The average molecular weight is 402 g/mol. The number of hydrogen-bond acceptors (Lipinski definition) is 2. The van der Waals surface area contributed by atoms with Crippen LogP contribution in [0.4, 0.5) is 14.5 Å². The molecule has 1 aromatic carbocycles. The summed E-state index contributed by atoms with van der Waals surface area (Å²) < 4.78 is 26.9. The van der Waals surface area contributed by atoms with Crippen molar-refractivity contribution < 1.29 is 18.4 Å². The van der Waals surface area contributed by atoms with Gasteiger partial charge in [-0.15, -0.1) is 0 Å². The number of carbonyl (C=O) groups excluding carboxylic acids is 2. The molecule has 1 aromatic rings. The van der Waals surface area contributed by atoms with Crippen molar-refractivity contribution in [3.63, 3.8) is 0 Å². The zero-order chi connectivity index (χ0) is 20.3. The van der Waals surface area contributed by atoms with Gasteiger partial charge in [-0.1, -0.05) is 0 Å². The minimum atomic E-state index is -0.977. The van der Waals surface area contributed by atoms with Crippen LogP contribution in [-0.4, -0.2) is 36.3 Å². The van der Waals surface area contributed by atoms with Crippen LogP contribution in [0, 0.1) is 34.8 Å². The summed E-state index contributed by atoms with van der Waals surface area (Å²) in [5.41, 5.74) is 0.0426. The van der Waals surface area contributed by atoms with Gasteiger partial charge in [-0.25, -0.2) is 8.78 Å². The van der Waals surface area contributed by atoms with Gasteiger partial charge >= 0.3 is 0 Å². The Morgan fingerprint density at radius 3 is 2.24 bits per heavy atom.